The van der Waals surface area contributed by atoms with Gasteiger partial charge >= 0.3 is 0 Å². The first kappa shape index (κ1) is 14.6. The van der Waals surface area contributed by atoms with Crippen LogP contribution in [0.15, 0.2) is 18.2 Å². The van der Waals surface area contributed by atoms with Gasteiger partial charge < -0.3 is 9.84 Å². The van der Waals surface area contributed by atoms with Crippen molar-refractivity contribution in [2.75, 3.05) is 7.11 Å². The highest BCUT2D eigenvalue weighted by atomic mass is 16.5. The Bertz CT molecular complexity index is 567. The lowest BCUT2D eigenvalue weighted by molar-refractivity contribution is -0.0394. The van der Waals surface area contributed by atoms with Gasteiger partial charge in [0, 0.05) is 0 Å². The van der Waals surface area contributed by atoms with Crippen LogP contribution in [0.5, 0.6) is 5.75 Å². The molecule has 120 valence electrons. The van der Waals surface area contributed by atoms with Crippen molar-refractivity contribution in [2.24, 2.45) is 17.3 Å². The van der Waals surface area contributed by atoms with Gasteiger partial charge in [-0.1, -0.05) is 13.0 Å². The Morgan fingerprint density at radius 1 is 1.23 bits per heavy atom. The number of fused-ring (bicyclic) bond motifs is 5. The van der Waals surface area contributed by atoms with Crippen LogP contribution in [0.4, 0.5) is 0 Å². The van der Waals surface area contributed by atoms with Crippen LogP contribution in [0.1, 0.15) is 62.5 Å². The average Bonchev–Trinajstić information content (AvgIpc) is 2.91. The number of ether oxygens (including phenoxy) is 1. The monoisotopic (exact) mass is 300 g/mol. The fourth-order valence-electron chi connectivity index (χ4n) is 6.13. The second-order valence-corrected chi connectivity index (χ2v) is 7.70. The minimum atomic E-state index is -0.0600. The molecule has 0 aliphatic heterocycles. The first-order chi connectivity index (χ1) is 10.7. The van der Waals surface area contributed by atoms with Crippen LogP contribution in [0.3, 0.4) is 0 Å². The molecule has 0 heterocycles. The molecule has 5 atom stereocenters. The summed E-state index contributed by atoms with van der Waals surface area (Å²) in [5.74, 6) is 3.18. The number of benzene rings is 1. The predicted octanol–water partition coefficient (Wildman–Crippen LogP) is 4.30. The van der Waals surface area contributed by atoms with Gasteiger partial charge in [0.25, 0.3) is 0 Å². The lowest BCUT2D eigenvalue weighted by Gasteiger charge is -2.51. The van der Waals surface area contributed by atoms with Crippen LogP contribution in [-0.2, 0) is 6.42 Å². The highest BCUT2D eigenvalue weighted by molar-refractivity contribution is 5.41. The van der Waals surface area contributed by atoms with Crippen molar-refractivity contribution < 1.29 is 9.84 Å². The van der Waals surface area contributed by atoms with Crippen molar-refractivity contribution in [3.05, 3.63) is 29.3 Å². The molecule has 1 N–H and O–H groups in total. The van der Waals surface area contributed by atoms with E-state index in [1.165, 1.54) is 37.7 Å². The second-order valence-electron chi connectivity index (χ2n) is 7.70. The molecule has 0 unspecified atom stereocenters. The number of aliphatic hydroxyl groups is 1. The minimum absolute atomic E-state index is 0.0600. The Morgan fingerprint density at radius 2 is 2.09 bits per heavy atom. The van der Waals surface area contributed by atoms with Crippen LogP contribution >= 0.6 is 0 Å². The largest absolute Gasteiger partial charge is 0.497 e. The molecule has 1 aromatic carbocycles. The standard InChI is InChI=1S/C20H28O2/c1-3-20-11-10-15-16(18(20)8-9-19(20)21)7-5-13-4-6-14(22-2)12-17(13)15/h4,6,12,15-16,18-19,21H,3,5,7-11H2,1-2H3/t15-,16+,18-,19+,20-/m0/s1. The first-order valence-corrected chi connectivity index (χ1v) is 9.04. The van der Waals surface area contributed by atoms with E-state index in [1.807, 2.05) is 0 Å². The summed E-state index contributed by atoms with van der Waals surface area (Å²) < 4.78 is 5.46. The van der Waals surface area contributed by atoms with Gasteiger partial charge in [-0.15, -0.1) is 0 Å². The second kappa shape index (κ2) is 5.26. The molecule has 3 aliphatic rings. The maximum Gasteiger partial charge on any atom is 0.119 e. The van der Waals surface area contributed by atoms with E-state index in [1.54, 1.807) is 12.7 Å². The summed E-state index contributed by atoms with van der Waals surface area (Å²) in [4.78, 5) is 0. The SMILES string of the molecule is CC[C@]12CC[C@@H]3c4cc(OC)ccc4CC[C@H]3[C@@H]1CC[C@H]2O. The molecule has 2 nitrogen and oxygen atoms in total. The van der Waals surface area contributed by atoms with E-state index in [0.29, 0.717) is 5.92 Å². The normalized spacial score (nSPS) is 39.8. The quantitative estimate of drug-likeness (QED) is 0.882. The van der Waals surface area contributed by atoms with E-state index in [0.717, 1.165) is 30.4 Å². The zero-order valence-corrected chi connectivity index (χ0v) is 13.8. The molecule has 0 aromatic heterocycles. The van der Waals surface area contributed by atoms with Crippen molar-refractivity contribution in [2.45, 2.75) is 63.9 Å². The van der Waals surface area contributed by atoms with Crippen molar-refractivity contribution >= 4 is 0 Å². The van der Waals surface area contributed by atoms with Gasteiger partial charge in [0.1, 0.15) is 5.75 Å². The highest BCUT2D eigenvalue weighted by Crippen LogP contribution is 2.62. The number of methoxy groups -OCH3 is 1. The Balaban J connectivity index is 1.71. The van der Waals surface area contributed by atoms with Gasteiger partial charge in [0.15, 0.2) is 0 Å². The van der Waals surface area contributed by atoms with Gasteiger partial charge in [-0.3, -0.25) is 0 Å². The fourth-order valence-corrected chi connectivity index (χ4v) is 6.13. The summed E-state index contributed by atoms with van der Waals surface area (Å²) in [6.45, 7) is 2.29. The number of rotatable bonds is 2. The predicted molar refractivity (Wildman–Crippen MR) is 88.2 cm³/mol. The summed E-state index contributed by atoms with van der Waals surface area (Å²) >= 11 is 0. The van der Waals surface area contributed by atoms with Crippen molar-refractivity contribution in [1.29, 1.82) is 0 Å². The van der Waals surface area contributed by atoms with Crippen LogP contribution in [-0.4, -0.2) is 18.3 Å². The Labute approximate surface area is 133 Å². The Hall–Kier alpha value is -1.02. The first-order valence-electron chi connectivity index (χ1n) is 9.04. The number of hydrogen-bond donors (Lipinski definition) is 1. The van der Waals surface area contributed by atoms with E-state index < -0.39 is 0 Å². The van der Waals surface area contributed by atoms with Crippen LogP contribution in [0, 0.1) is 17.3 Å². The molecular formula is C20H28O2. The Kier molecular flexibility index (Phi) is 3.48. The highest BCUT2D eigenvalue weighted by Gasteiger charge is 2.55. The minimum Gasteiger partial charge on any atom is -0.497 e. The van der Waals surface area contributed by atoms with Gasteiger partial charge in [-0.2, -0.15) is 0 Å². The molecule has 0 saturated heterocycles. The Morgan fingerprint density at radius 3 is 2.86 bits per heavy atom. The van der Waals surface area contributed by atoms with Crippen molar-refractivity contribution in [1.82, 2.24) is 0 Å². The van der Waals surface area contributed by atoms with Crippen LogP contribution in [0.25, 0.3) is 0 Å². The zero-order valence-electron chi connectivity index (χ0n) is 13.8. The number of aryl methyl sites for hydroxylation is 1. The molecule has 22 heavy (non-hydrogen) atoms. The molecule has 2 saturated carbocycles. The molecule has 0 amide bonds. The van der Waals surface area contributed by atoms with E-state index in [2.05, 4.69) is 25.1 Å². The maximum absolute atomic E-state index is 10.6. The molecule has 0 radical (unpaired) electrons. The third-order valence-electron chi connectivity index (χ3n) is 7.27. The van der Waals surface area contributed by atoms with Crippen molar-refractivity contribution in [3.8, 4) is 5.75 Å². The van der Waals surface area contributed by atoms with E-state index in [9.17, 15) is 5.11 Å². The molecule has 4 rings (SSSR count). The third-order valence-corrected chi connectivity index (χ3v) is 7.27. The smallest absolute Gasteiger partial charge is 0.119 e. The summed E-state index contributed by atoms with van der Waals surface area (Å²) in [6, 6.07) is 6.67. The van der Waals surface area contributed by atoms with Crippen molar-refractivity contribution in [3.63, 3.8) is 0 Å². The maximum atomic E-state index is 10.6. The lowest BCUT2D eigenvalue weighted by Crippen LogP contribution is -2.45. The molecule has 1 aromatic rings. The summed E-state index contributed by atoms with van der Waals surface area (Å²) in [5, 5.41) is 10.6. The van der Waals surface area contributed by atoms with Gasteiger partial charge in [-0.25, -0.2) is 0 Å². The lowest BCUT2D eigenvalue weighted by atomic mass is 9.54. The van der Waals surface area contributed by atoms with Gasteiger partial charge in [0.05, 0.1) is 13.2 Å². The topological polar surface area (TPSA) is 29.5 Å². The summed E-state index contributed by atoms with van der Waals surface area (Å²) in [7, 11) is 1.76. The van der Waals surface area contributed by atoms with Crippen LogP contribution in [0.2, 0.25) is 0 Å². The molecular weight excluding hydrogens is 272 g/mol. The molecule has 0 bridgehead atoms. The van der Waals surface area contributed by atoms with Gasteiger partial charge in [-0.05, 0) is 91.4 Å². The summed E-state index contributed by atoms with van der Waals surface area (Å²) in [5.41, 5.74) is 3.30. The summed E-state index contributed by atoms with van der Waals surface area (Å²) in [6.07, 6.45) is 8.29. The van der Waals surface area contributed by atoms with E-state index >= 15 is 0 Å². The van der Waals surface area contributed by atoms with E-state index in [4.69, 9.17) is 4.74 Å². The zero-order chi connectivity index (χ0) is 15.3. The number of aliphatic hydroxyl groups excluding tert-OH is 1. The third kappa shape index (κ3) is 1.89. The molecule has 2 fully saturated rings. The molecule has 3 aliphatic carbocycles. The fraction of sp³-hybridized carbons (Fsp3) is 0.700. The van der Waals surface area contributed by atoms with E-state index in [-0.39, 0.29) is 11.5 Å². The van der Waals surface area contributed by atoms with Crippen LogP contribution < -0.4 is 4.74 Å². The van der Waals surface area contributed by atoms with Gasteiger partial charge in [0.2, 0.25) is 0 Å². The number of hydrogen-bond acceptors (Lipinski definition) is 2. The molecule has 0 spiro atoms. The average molecular weight is 300 g/mol. The molecule has 2 heteroatoms.